The van der Waals surface area contributed by atoms with Gasteiger partial charge in [0.1, 0.15) is 12.4 Å². The number of aliphatic imine (C=N–C) groups is 1. The molecule has 0 atom stereocenters. The van der Waals surface area contributed by atoms with Gasteiger partial charge in [-0.15, -0.1) is 0 Å². The lowest BCUT2D eigenvalue weighted by Crippen LogP contribution is -2.36. The highest BCUT2D eigenvalue weighted by Gasteiger charge is 2.11. The molecule has 0 spiro atoms. The minimum Gasteiger partial charge on any atom is -0.492 e. The van der Waals surface area contributed by atoms with Crippen molar-refractivity contribution in [1.82, 2.24) is 15.1 Å². The monoisotopic (exact) mass is 316 g/mol. The van der Waals surface area contributed by atoms with Crippen LogP contribution in [0.25, 0.3) is 0 Å². The van der Waals surface area contributed by atoms with E-state index in [0.717, 1.165) is 50.9 Å². The third-order valence-corrected chi connectivity index (χ3v) is 4.55. The Morgan fingerprint density at radius 1 is 1.13 bits per heavy atom. The average Bonchev–Trinajstić information content (AvgIpc) is 3.21. The summed E-state index contributed by atoms with van der Waals surface area (Å²) in [6.45, 7) is 7.13. The molecule has 1 N–H and O–H groups in total. The summed E-state index contributed by atoms with van der Waals surface area (Å²) in [6, 6.07) is 8.48. The predicted molar refractivity (Wildman–Crippen MR) is 94.2 cm³/mol. The SMILES string of the molecule is CN1CCN=C1NCCc1ccc(OCCN2CCCC2)cc1. The Hall–Kier alpha value is -1.75. The van der Waals surface area contributed by atoms with E-state index in [1.54, 1.807) is 0 Å². The van der Waals surface area contributed by atoms with E-state index < -0.39 is 0 Å². The normalized spacial score (nSPS) is 18.3. The number of guanidine groups is 1. The first kappa shape index (κ1) is 16.1. The van der Waals surface area contributed by atoms with Gasteiger partial charge in [-0.2, -0.15) is 0 Å². The summed E-state index contributed by atoms with van der Waals surface area (Å²) >= 11 is 0. The highest BCUT2D eigenvalue weighted by atomic mass is 16.5. The highest BCUT2D eigenvalue weighted by molar-refractivity contribution is 5.81. The summed E-state index contributed by atoms with van der Waals surface area (Å²) < 4.78 is 5.84. The number of ether oxygens (including phenoxy) is 1. The van der Waals surface area contributed by atoms with Crippen molar-refractivity contribution in [2.75, 3.05) is 52.9 Å². The molecule has 0 saturated carbocycles. The van der Waals surface area contributed by atoms with Crippen molar-refractivity contribution in [2.45, 2.75) is 19.3 Å². The summed E-state index contributed by atoms with van der Waals surface area (Å²) in [4.78, 5) is 9.07. The van der Waals surface area contributed by atoms with Crippen LogP contribution in [0.1, 0.15) is 18.4 Å². The zero-order valence-corrected chi connectivity index (χ0v) is 14.1. The van der Waals surface area contributed by atoms with Gasteiger partial charge in [0.2, 0.25) is 0 Å². The van der Waals surface area contributed by atoms with Crippen molar-refractivity contribution >= 4 is 5.96 Å². The smallest absolute Gasteiger partial charge is 0.193 e. The van der Waals surface area contributed by atoms with Gasteiger partial charge < -0.3 is 15.0 Å². The van der Waals surface area contributed by atoms with E-state index in [0.29, 0.717) is 0 Å². The molecule has 0 unspecified atom stereocenters. The number of rotatable bonds is 7. The van der Waals surface area contributed by atoms with Crippen LogP contribution in [0.15, 0.2) is 29.3 Å². The fourth-order valence-corrected chi connectivity index (χ4v) is 3.09. The van der Waals surface area contributed by atoms with Crippen LogP contribution in [0.2, 0.25) is 0 Å². The Kier molecular flexibility index (Phi) is 5.75. The van der Waals surface area contributed by atoms with E-state index in [2.05, 4.69) is 51.4 Å². The fraction of sp³-hybridized carbons (Fsp3) is 0.611. The summed E-state index contributed by atoms with van der Waals surface area (Å²) in [7, 11) is 2.08. The van der Waals surface area contributed by atoms with Gasteiger partial charge in [-0.25, -0.2) is 0 Å². The quantitative estimate of drug-likeness (QED) is 0.829. The summed E-state index contributed by atoms with van der Waals surface area (Å²) in [5.74, 6) is 1.99. The minimum atomic E-state index is 0.785. The molecule has 0 amide bonds. The first-order chi connectivity index (χ1) is 11.3. The van der Waals surface area contributed by atoms with Crippen molar-refractivity contribution in [3.8, 4) is 5.75 Å². The number of benzene rings is 1. The van der Waals surface area contributed by atoms with Gasteiger partial charge in [0.05, 0.1) is 6.54 Å². The van der Waals surface area contributed by atoms with Gasteiger partial charge in [-0.1, -0.05) is 12.1 Å². The minimum absolute atomic E-state index is 0.785. The van der Waals surface area contributed by atoms with Crippen molar-refractivity contribution in [2.24, 2.45) is 4.99 Å². The van der Waals surface area contributed by atoms with Gasteiger partial charge in [0.15, 0.2) is 5.96 Å². The second-order valence-corrected chi connectivity index (χ2v) is 6.34. The maximum absolute atomic E-state index is 5.84. The number of hydrogen-bond donors (Lipinski definition) is 1. The maximum Gasteiger partial charge on any atom is 0.193 e. The lowest BCUT2D eigenvalue weighted by atomic mass is 10.1. The van der Waals surface area contributed by atoms with Crippen molar-refractivity contribution in [3.63, 3.8) is 0 Å². The molecule has 2 aliphatic heterocycles. The second-order valence-electron chi connectivity index (χ2n) is 6.34. The molecule has 0 radical (unpaired) electrons. The average molecular weight is 316 g/mol. The molecule has 1 saturated heterocycles. The van der Waals surface area contributed by atoms with Gasteiger partial charge in [-0.05, 0) is 50.0 Å². The first-order valence-corrected chi connectivity index (χ1v) is 8.75. The van der Waals surface area contributed by atoms with E-state index in [1.807, 2.05) is 0 Å². The third kappa shape index (κ3) is 4.86. The van der Waals surface area contributed by atoms with Crippen LogP contribution in [0, 0.1) is 0 Å². The molecule has 5 nitrogen and oxygen atoms in total. The molecule has 5 heteroatoms. The lowest BCUT2D eigenvalue weighted by Gasteiger charge is -2.16. The van der Waals surface area contributed by atoms with E-state index in [-0.39, 0.29) is 0 Å². The van der Waals surface area contributed by atoms with E-state index in [9.17, 15) is 0 Å². The molecule has 0 aromatic heterocycles. The predicted octanol–water partition coefficient (Wildman–Crippen LogP) is 1.59. The molecule has 23 heavy (non-hydrogen) atoms. The zero-order valence-electron chi connectivity index (χ0n) is 14.1. The number of nitrogens with one attached hydrogen (secondary N) is 1. The Balaban J connectivity index is 1.35. The molecule has 1 aromatic rings. The molecule has 0 aliphatic carbocycles. The third-order valence-electron chi connectivity index (χ3n) is 4.55. The first-order valence-electron chi connectivity index (χ1n) is 8.75. The van der Waals surface area contributed by atoms with E-state index >= 15 is 0 Å². The number of likely N-dealkylation sites (N-methyl/N-ethyl adjacent to an activating group) is 1. The molecule has 126 valence electrons. The molecule has 2 aliphatic rings. The van der Waals surface area contributed by atoms with Crippen LogP contribution < -0.4 is 10.1 Å². The molecule has 2 heterocycles. The van der Waals surface area contributed by atoms with Crippen LogP contribution in [-0.4, -0.2) is 68.7 Å². The van der Waals surface area contributed by atoms with Crippen LogP contribution in [0.4, 0.5) is 0 Å². The van der Waals surface area contributed by atoms with Crippen LogP contribution >= 0.6 is 0 Å². The standard InChI is InChI=1S/C18H28N4O/c1-21-13-10-20-18(21)19-9-8-16-4-6-17(7-5-16)23-15-14-22-11-2-3-12-22/h4-7H,2-3,8-15H2,1H3,(H,19,20). The molecular weight excluding hydrogens is 288 g/mol. The number of likely N-dealkylation sites (tertiary alicyclic amines) is 1. The van der Waals surface area contributed by atoms with E-state index in [4.69, 9.17) is 4.74 Å². The maximum atomic E-state index is 5.84. The molecule has 3 rings (SSSR count). The van der Waals surface area contributed by atoms with Gasteiger partial charge in [0.25, 0.3) is 0 Å². The van der Waals surface area contributed by atoms with Crippen LogP contribution in [0.5, 0.6) is 5.75 Å². The highest BCUT2D eigenvalue weighted by Crippen LogP contribution is 2.13. The van der Waals surface area contributed by atoms with Gasteiger partial charge in [-0.3, -0.25) is 9.89 Å². The summed E-state index contributed by atoms with van der Waals surface area (Å²) in [5, 5.41) is 3.40. The molecule has 1 fully saturated rings. The summed E-state index contributed by atoms with van der Waals surface area (Å²) in [6.07, 6.45) is 3.68. The van der Waals surface area contributed by atoms with Crippen molar-refractivity contribution < 1.29 is 4.74 Å². The Bertz CT molecular complexity index is 508. The number of nitrogens with zero attached hydrogens (tertiary/aromatic N) is 3. The second kappa shape index (κ2) is 8.20. The topological polar surface area (TPSA) is 40.1 Å². The fourth-order valence-electron chi connectivity index (χ4n) is 3.09. The van der Waals surface area contributed by atoms with Crippen molar-refractivity contribution in [3.05, 3.63) is 29.8 Å². The largest absolute Gasteiger partial charge is 0.492 e. The van der Waals surface area contributed by atoms with Crippen LogP contribution in [0.3, 0.4) is 0 Å². The molecular formula is C18H28N4O. The number of hydrogen-bond acceptors (Lipinski definition) is 5. The zero-order chi connectivity index (χ0) is 15.9. The lowest BCUT2D eigenvalue weighted by molar-refractivity contribution is 0.238. The van der Waals surface area contributed by atoms with Crippen molar-refractivity contribution in [1.29, 1.82) is 0 Å². The van der Waals surface area contributed by atoms with E-state index in [1.165, 1.54) is 31.5 Å². The molecule has 0 bridgehead atoms. The Morgan fingerprint density at radius 2 is 1.91 bits per heavy atom. The van der Waals surface area contributed by atoms with Crippen LogP contribution in [-0.2, 0) is 6.42 Å². The summed E-state index contributed by atoms with van der Waals surface area (Å²) in [5.41, 5.74) is 1.32. The Labute approximate surface area is 139 Å². The molecule has 1 aromatic carbocycles. The van der Waals surface area contributed by atoms with Gasteiger partial charge >= 0.3 is 0 Å². The van der Waals surface area contributed by atoms with Gasteiger partial charge in [0, 0.05) is 26.7 Å². The Morgan fingerprint density at radius 3 is 2.61 bits per heavy atom.